The molecular weight excluding hydrogens is 307 g/mol. The number of hydrogen-bond donors (Lipinski definition) is 1. The van der Waals surface area contributed by atoms with E-state index in [-0.39, 0.29) is 11.2 Å². The highest BCUT2D eigenvalue weighted by atomic mass is 79.9. The van der Waals surface area contributed by atoms with E-state index in [0.29, 0.717) is 11.0 Å². The van der Waals surface area contributed by atoms with Gasteiger partial charge in [-0.2, -0.15) is 0 Å². The SMILES string of the molecule is CC(C)(C)Cn1cc(CCN)c2cc(F)c(Br)cc21. The van der Waals surface area contributed by atoms with Crippen LogP contribution in [0.25, 0.3) is 10.9 Å². The molecule has 0 radical (unpaired) electrons. The maximum Gasteiger partial charge on any atom is 0.138 e. The molecule has 0 spiro atoms. The molecule has 2 rings (SSSR count). The summed E-state index contributed by atoms with van der Waals surface area (Å²) in [6, 6.07) is 3.46. The molecule has 4 heteroatoms. The van der Waals surface area contributed by atoms with Crippen LogP contribution in [0.15, 0.2) is 22.8 Å². The summed E-state index contributed by atoms with van der Waals surface area (Å²) in [5.74, 6) is -0.223. The normalized spacial score (nSPS) is 12.3. The first-order chi connectivity index (χ1) is 8.81. The molecular formula is C15H20BrFN2. The quantitative estimate of drug-likeness (QED) is 0.904. The Morgan fingerprint density at radius 1 is 1.32 bits per heavy atom. The summed E-state index contributed by atoms with van der Waals surface area (Å²) in [5, 5.41) is 0.968. The van der Waals surface area contributed by atoms with Crippen molar-refractivity contribution in [1.29, 1.82) is 0 Å². The van der Waals surface area contributed by atoms with E-state index in [2.05, 4.69) is 47.5 Å². The van der Waals surface area contributed by atoms with Crippen molar-refractivity contribution in [1.82, 2.24) is 4.57 Å². The Morgan fingerprint density at radius 3 is 2.58 bits per heavy atom. The van der Waals surface area contributed by atoms with Gasteiger partial charge in [-0.25, -0.2) is 4.39 Å². The van der Waals surface area contributed by atoms with E-state index in [0.717, 1.165) is 29.4 Å². The summed E-state index contributed by atoms with van der Waals surface area (Å²) >= 11 is 3.27. The van der Waals surface area contributed by atoms with Gasteiger partial charge in [0.15, 0.2) is 0 Å². The van der Waals surface area contributed by atoms with Crippen molar-refractivity contribution in [2.75, 3.05) is 6.54 Å². The van der Waals surface area contributed by atoms with Crippen LogP contribution in [0.5, 0.6) is 0 Å². The largest absolute Gasteiger partial charge is 0.347 e. The maximum atomic E-state index is 13.7. The summed E-state index contributed by atoms with van der Waals surface area (Å²) in [5.41, 5.74) is 8.00. The molecule has 2 nitrogen and oxygen atoms in total. The van der Waals surface area contributed by atoms with Gasteiger partial charge in [0.25, 0.3) is 0 Å². The van der Waals surface area contributed by atoms with Crippen LogP contribution in [0, 0.1) is 11.2 Å². The van der Waals surface area contributed by atoms with Gasteiger partial charge in [0.1, 0.15) is 5.82 Å². The number of rotatable bonds is 3. The van der Waals surface area contributed by atoms with Crippen LogP contribution in [0.3, 0.4) is 0 Å². The molecule has 2 N–H and O–H groups in total. The highest BCUT2D eigenvalue weighted by molar-refractivity contribution is 9.10. The van der Waals surface area contributed by atoms with E-state index in [1.165, 1.54) is 0 Å². The number of halogens is 2. The van der Waals surface area contributed by atoms with Crippen molar-refractivity contribution in [3.8, 4) is 0 Å². The van der Waals surface area contributed by atoms with Gasteiger partial charge in [0, 0.05) is 23.6 Å². The molecule has 104 valence electrons. The highest BCUT2D eigenvalue weighted by Gasteiger charge is 2.16. The zero-order chi connectivity index (χ0) is 14.2. The number of aromatic nitrogens is 1. The molecule has 0 aliphatic carbocycles. The van der Waals surface area contributed by atoms with E-state index in [9.17, 15) is 4.39 Å². The van der Waals surface area contributed by atoms with E-state index >= 15 is 0 Å². The van der Waals surface area contributed by atoms with Crippen LogP contribution in [0.2, 0.25) is 0 Å². The van der Waals surface area contributed by atoms with Gasteiger partial charge in [-0.1, -0.05) is 20.8 Å². The van der Waals surface area contributed by atoms with Gasteiger partial charge in [0.2, 0.25) is 0 Å². The summed E-state index contributed by atoms with van der Waals surface area (Å²) in [4.78, 5) is 0. The van der Waals surface area contributed by atoms with E-state index in [1.54, 1.807) is 6.07 Å². The van der Waals surface area contributed by atoms with Gasteiger partial charge in [-0.15, -0.1) is 0 Å². The molecule has 0 aliphatic rings. The minimum Gasteiger partial charge on any atom is -0.347 e. The number of fused-ring (bicyclic) bond motifs is 1. The molecule has 0 saturated heterocycles. The number of hydrogen-bond acceptors (Lipinski definition) is 1. The van der Waals surface area contributed by atoms with Crippen molar-refractivity contribution in [2.24, 2.45) is 11.1 Å². The van der Waals surface area contributed by atoms with Crippen LogP contribution in [-0.4, -0.2) is 11.1 Å². The Hall–Kier alpha value is -0.870. The Morgan fingerprint density at radius 2 is 2.00 bits per heavy atom. The number of nitrogens with two attached hydrogens (primary N) is 1. The van der Waals surface area contributed by atoms with E-state index < -0.39 is 0 Å². The average molecular weight is 327 g/mol. The first-order valence-electron chi connectivity index (χ1n) is 6.48. The van der Waals surface area contributed by atoms with E-state index in [4.69, 9.17) is 5.73 Å². The second-order valence-corrected chi connectivity index (χ2v) is 7.02. The fourth-order valence-corrected chi connectivity index (χ4v) is 2.69. The van der Waals surface area contributed by atoms with Crippen molar-refractivity contribution in [3.05, 3.63) is 34.2 Å². The van der Waals surface area contributed by atoms with Gasteiger partial charge in [-0.05, 0) is 52.0 Å². The molecule has 0 unspecified atom stereocenters. The summed E-state index contributed by atoms with van der Waals surface area (Å²) in [6.07, 6.45) is 2.88. The monoisotopic (exact) mass is 326 g/mol. The number of nitrogens with zero attached hydrogens (tertiary/aromatic N) is 1. The molecule has 2 aromatic rings. The second kappa shape index (κ2) is 5.25. The van der Waals surface area contributed by atoms with Gasteiger partial charge >= 0.3 is 0 Å². The third kappa shape index (κ3) is 3.18. The first-order valence-corrected chi connectivity index (χ1v) is 7.28. The molecule has 1 aromatic carbocycles. The Labute approximate surface area is 121 Å². The molecule has 0 aliphatic heterocycles. The average Bonchev–Trinajstić information content (AvgIpc) is 2.56. The lowest BCUT2D eigenvalue weighted by Crippen LogP contribution is -2.14. The smallest absolute Gasteiger partial charge is 0.138 e. The fourth-order valence-electron chi connectivity index (χ4n) is 2.35. The molecule has 0 fully saturated rings. The summed E-state index contributed by atoms with van der Waals surface area (Å²) < 4.78 is 16.4. The van der Waals surface area contributed by atoms with Gasteiger partial charge in [-0.3, -0.25) is 0 Å². The lowest BCUT2D eigenvalue weighted by atomic mass is 9.97. The fraction of sp³-hybridized carbons (Fsp3) is 0.467. The van der Waals surface area contributed by atoms with Crippen LogP contribution < -0.4 is 5.73 Å². The lowest BCUT2D eigenvalue weighted by molar-refractivity contribution is 0.349. The van der Waals surface area contributed by atoms with Gasteiger partial charge < -0.3 is 10.3 Å². The van der Waals surface area contributed by atoms with Crippen LogP contribution >= 0.6 is 15.9 Å². The predicted molar refractivity (Wildman–Crippen MR) is 81.8 cm³/mol. The molecule has 19 heavy (non-hydrogen) atoms. The minimum absolute atomic E-state index is 0.173. The zero-order valence-electron chi connectivity index (χ0n) is 11.6. The first kappa shape index (κ1) is 14.5. The predicted octanol–water partition coefficient (Wildman–Crippen LogP) is 4.09. The Kier molecular flexibility index (Phi) is 4.02. The third-order valence-electron chi connectivity index (χ3n) is 3.06. The van der Waals surface area contributed by atoms with Gasteiger partial charge in [0.05, 0.1) is 4.47 Å². The molecule has 0 atom stereocenters. The number of benzene rings is 1. The Bertz CT molecular complexity index is 596. The molecule has 1 aromatic heterocycles. The maximum absolute atomic E-state index is 13.7. The van der Waals surface area contributed by atoms with E-state index in [1.807, 2.05) is 6.07 Å². The molecule has 1 heterocycles. The van der Waals surface area contributed by atoms with Crippen molar-refractivity contribution in [2.45, 2.75) is 33.7 Å². The second-order valence-electron chi connectivity index (χ2n) is 6.17. The van der Waals surface area contributed by atoms with Crippen molar-refractivity contribution < 1.29 is 4.39 Å². The van der Waals surface area contributed by atoms with Crippen LogP contribution in [0.4, 0.5) is 4.39 Å². The molecule has 0 saturated carbocycles. The van der Waals surface area contributed by atoms with Crippen molar-refractivity contribution >= 4 is 26.8 Å². The molecule has 0 bridgehead atoms. The van der Waals surface area contributed by atoms with Crippen molar-refractivity contribution in [3.63, 3.8) is 0 Å². The van der Waals surface area contributed by atoms with Crippen LogP contribution in [0.1, 0.15) is 26.3 Å². The Balaban J connectivity index is 2.60. The lowest BCUT2D eigenvalue weighted by Gasteiger charge is -2.20. The third-order valence-corrected chi connectivity index (χ3v) is 3.67. The molecule has 0 amide bonds. The topological polar surface area (TPSA) is 30.9 Å². The summed E-state index contributed by atoms with van der Waals surface area (Å²) in [7, 11) is 0. The minimum atomic E-state index is -0.223. The summed E-state index contributed by atoms with van der Waals surface area (Å²) in [6.45, 7) is 8.05. The zero-order valence-corrected chi connectivity index (χ0v) is 13.2. The van der Waals surface area contributed by atoms with Crippen LogP contribution in [-0.2, 0) is 13.0 Å². The standard InChI is InChI=1S/C15H20BrFN2/c1-15(2,3)9-19-8-10(4-5-18)11-6-13(17)12(16)7-14(11)19/h6-8H,4-5,9,18H2,1-3H3. The highest BCUT2D eigenvalue weighted by Crippen LogP contribution is 2.30.